The summed E-state index contributed by atoms with van der Waals surface area (Å²) < 4.78 is 0. The van der Waals surface area contributed by atoms with E-state index in [1.165, 1.54) is 18.2 Å². The van der Waals surface area contributed by atoms with E-state index in [-0.39, 0.29) is 23.9 Å². The quantitative estimate of drug-likeness (QED) is 0.589. The molecule has 0 aliphatic heterocycles. The number of rotatable bonds is 7. The summed E-state index contributed by atoms with van der Waals surface area (Å²) in [5, 5.41) is 16.2. The zero-order valence-corrected chi connectivity index (χ0v) is 14.6. The average Bonchev–Trinajstić information content (AvgIpc) is 2.60. The molecule has 1 atom stereocenters. The smallest absolute Gasteiger partial charge is 0.271 e. The first-order valence-electron chi connectivity index (χ1n) is 8.25. The molecular formula is C19H21N3O4. The van der Waals surface area contributed by atoms with Gasteiger partial charge in [0.25, 0.3) is 5.69 Å². The zero-order valence-electron chi connectivity index (χ0n) is 14.6. The van der Waals surface area contributed by atoms with Crippen molar-refractivity contribution in [1.82, 2.24) is 5.32 Å². The molecular weight excluding hydrogens is 334 g/mol. The number of nitrogens with zero attached hydrogens (tertiary/aromatic N) is 1. The van der Waals surface area contributed by atoms with Crippen molar-refractivity contribution in [3.63, 3.8) is 0 Å². The Hall–Kier alpha value is -3.22. The highest BCUT2D eigenvalue weighted by Crippen LogP contribution is 2.18. The van der Waals surface area contributed by atoms with E-state index in [1.807, 2.05) is 44.2 Å². The number of hydrogen-bond acceptors (Lipinski definition) is 4. The summed E-state index contributed by atoms with van der Waals surface area (Å²) in [5.41, 5.74) is 1.05. The third-order valence-corrected chi connectivity index (χ3v) is 3.80. The first-order valence-corrected chi connectivity index (χ1v) is 8.25. The van der Waals surface area contributed by atoms with E-state index in [0.717, 1.165) is 5.56 Å². The van der Waals surface area contributed by atoms with Crippen LogP contribution in [0.15, 0.2) is 54.6 Å². The van der Waals surface area contributed by atoms with Gasteiger partial charge in [0.05, 0.1) is 11.3 Å². The fraction of sp³-hybridized carbons (Fsp3) is 0.263. The summed E-state index contributed by atoms with van der Waals surface area (Å²) in [6.07, 6.45) is 0.175. The predicted octanol–water partition coefficient (Wildman–Crippen LogP) is 2.92. The van der Waals surface area contributed by atoms with Gasteiger partial charge in [-0.2, -0.15) is 0 Å². The van der Waals surface area contributed by atoms with Crippen LogP contribution in [-0.4, -0.2) is 22.8 Å². The number of non-ortho nitro benzene ring substituents is 1. The maximum absolute atomic E-state index is 12.5. The van der Waals surface area contributed by atoms with Crippen LogP contribution in [0.1, 0.15) is 19.4 Å². The van der Waals surface area contributed by atoms with Crippen LogP contribution in [-0.2, 0) is 16.0 Å². The number of benzene rings is 2. The molecule has 7 nitrogen and oxygen atoms in total. The van der Waals surface area contributed by atoms with Gasteiger partial charge in [0.2, 0.25) is 11.8 Å². The molecule has 0 aliphatic rings. The monoisotopic (exact) mass is 355 g/mol. The standard InChI is InChI=1S/C19H21N3O4/c1-13(2)18(21-17(23)11-14-7-4-3-5-8-14)19(24)20-15-9-6-10-16(12-15)22(25)26/h3-10,12-13,18H,11H2,1-2H3,(H,20,24)(H,21,23). The Morgan fingerprint density at radius 2 is 1.77 bits per heavy atom. The van der Waals surface area contributed by atoms with Gasteiger partial charge in [0.1, 0.15) is 6.04 Å². The zero-order chi connectivity index (χ0) is 19.1. The maximum Gasteiger partial charge on any atom is 0.271 e. The fourth-order valence-electron chi connectivity index (χ4n) is 2.46. The molecule has 0 spiro atoms. The van der Waals surface area contributed by atoms with Crippen LogP contribution in [0.3, 0.4) is 0 Å². The van der Waals surface area contributed by atoms with Gasteiger partial charge in [-0.3, -0.25) is 19.7 Å². The third kappa shape index (κ3) is 5.41. The lowest BCUT2D eigenvalue weighted by molar-refractivity contribution is -0.384. The molecule has 0 aliphatic carbocycles. The van der Waals surface area contributed by atoms with E-state index in [9.17, 15) is 19.7 Å². The van der Waals surface area contributed by atoms with Gasteiger partial charge in [-0.25, -0.2) is 0 Å². The Labute approximate surface area is 151 Å². The van der Waals surface area contributed by atoms with Gasteiger partial charge >= 0.3 is 0 Å². The fourth-order valence-corrected chi connectivity index (χ4v) is 2.46. The average molecular weight is 355 g/mol. The van der Waals surface area contributed by atoms with Crippen LogP contribution in [0.4, 0.5) is 11.4 Å². The Morgan fingerprint density at radius 3 is 2.38 bits per heavy atom. The summed E-state index contributed by atoms with van der Waals surface area (Å²) in [6.45, 7) is 3.64. The minimum absolute atomic E-state index is 0.114. The molecule has 0 bridgehead atoms. The van der Waals surface area contributed by atoms with Gasteiger partial charge in [-0.1, -0.05) is 50.2 Å². The van der Waals surface area contributed by atoms with Crippen molar-refractivity contribution in [2.24, 2.45) is 5.92 Å². The van der Waals surface area contributed by atoms with E-state index >= 15 is 0 Å². The van der Waals surface area contributed by atoms with Gasteiger partial charge in [-0.15, -0.1) is 0 Å². The second-order valence-electron chi connectivity index (χ2n) is 6.25. The lowest BCUT2D eigenvalue weighted by Gasteiger charge is -2.21. The summed E-state index contributed by atoms with van der Waals surface area (Å²) in [7, 11) is 0. The van der Waals surface area contributed by atoms with Crippen LogP contribution in [0.5, 0.6) is 0 Å². The van der Waals surface area contributed by atoms with Gasteiger partial charge in [0.15, 0.2) is 0 Å². The van der Waals surface area contributed by atoms with E-state index < -0.39 is 16.9 Å². The van der Waals surface area contributed by atoms with Crippen molar-refractivity contribution >= 4 is 23.2 Å². The van der Waals surface area contributed by atoms with Crippen molar-refractivity contribution in [1.29, 1.82) is 0 Å². The Bertz CT molecular complexity index is 790. The largest absolute Gasteiger partial charge is 0.344 e. The van der Waals surface area contributed by atoms with Crippen LogP contribution in [0.2, 0.25) is 0 Å². The maximum atomic E-state index is 12.5. The molecule has 2 amide bonds. The number of hydrogen-bond donors (Lipinski definition) is 2. The molecule has 0 aromatic heterocycles. The molecule has 2 aromatic carbocycles. The van der Waals surface area contributed by atoms with Crippen molar-refractivity contribution < 1.29 is 14.5 Å². The Morgan fingerprint density at radius 1 is 1.08 bits per heavy atom. The number of nitrogens with one attached hydrogen (secondary N) is 2. The highest BCUT2D eigenvalue weighted by molar-refractivity contribution is 5.97. The number of carbonyl (C=O) groups excluding carboxylic acids is 2. The lowest BCUT2D eigenvalue weighted by atomic mass is 10.0. The summed E-state index contributed by atoms with van der Waals surface area (Å²) in [5.74, 6) is -0.820. The number of nitro benzene ring substituents is 1. The normalized spacial score (nSPS) is 11.7. The van der Waals surface area contributed by atoms with Crippen molar-refractivity contribution in [3.8, 4) is 0 Å². The minimum atomic E-state index is -0.745. The number of amides is 2. The highest BCUT2D eigenvalue weighted by Gasteiger charge is 2.24. The van der Waals surface area contributed by atoms with Crippen LogP contribution in [0.25, 0.3) is 0 Å². The number of anilines is 1. The van der Waals surface area contributed by atoms with Crippen LogP contribution in [0, 0.1) is 16.0 Å². The molecule has 2 N–H and O–H groups in total. The summed E-state index contributed by atoms with van der Waals surface area (Å²) >= 11 is 0. The van der Waals surface area contributed by atoms with Gasteiger partial charge < -0.3 is 10.6 Å². The van der Waals surface area contributed by atoms with Crippen molar-refractivity contribution in [3.05, 3.63) is 70.3 Å². The molecule has 0 fully saturated rings. The topological polar surface area (TPSA) is 101 Å². The van der Waals surface area contributed by atoms with Crippen molar-refractivity contribution in [2.75, 3.05) is 5.32 Å². The summed E-state index contributed by atoms with van der Waals surface area (Å²) in [4.78, 5) is 35.1. The first-order chi connectivity index (χ1) is 12.4. The molecule has 0 saturated heterocycles. The summed E-state index contributed by atoms with van der Waals surface area (Å²) in [6, 6.07) is 14.2. The molecule has 0 heterocycles. The minimum Gasteiger partial charge on any atom is -0.344 e. The molecule has 2 rings (SSSR count). The SMILES string of the molecule is CC(C)C(NC(=O)Cc1ccccc1)C(=O)Nc1cccc([N+](=O)[O-])c1. The molecule has 7 heteroatoms. The first kappa shape index (κ1) is 19.1. The second-order valence-corrected chi connectivity index (χ2v) is 6.25. The lowest BCUT2D eigenvalue weighted by Crippen LogP contribution is -2.47. The van der Waals surface area contributed by atoms with Crippen LogP contribution < -0.4 is 10.6 Å². The number of carbonyl (C=O) groups is 2. The number of nitro groups is 1. The van der Waals surface area contributed by atoms with E-state index in [1.54, 1.807) is 6.07 Å². The third-order valence-electron chi connectivity index (χ3n) is 3.80. The molecule has 0 radical (unpaired) electrons. The molecule has 1 unspecified atom stereocenters. The predicted molar refractivity (Wildman–Crippen MR) is 98.6 cm³/mol. The highest BCUT2D eigenvalue weighted by atomic mass is 16.6. The second kappa shape index (κ2) is 8.75. The molecule has 136 valence electrons. The van der Waals surface area contributed by atoms with Crippen molar-refractivity contribution in [2.45, 2.75) is 26.3 Å². The molecule has 0 saturated carbocycles. The Balaban J connectivity index is 2.04. The van der Waals surface area contributed by atoms with Gasteiger partial charge in [-0.05, 0) is 17.5 Å². The van der Waals surface area contributed by atoms with E-state index in [0.29, 0.717) is 5.69 Å². The molecule has 26 heavy (non-hydrogen) atoms. The Kier molecular flexibility index (Phi) is 6.43. The van der Waals surface area contributed by atoms with Gasteiger partial charge in [0, 0.05) is 17.8 Å². The van der Waals surface area contributed by atoms with E-state index in [4.69, 9.17) is 0 Å². The van der Waals surface area contributed by atoms with E-state index in [2.05, 4.69) is 10.6 Å². The molecule has 2 aromatic rings. The van der Waals surface area contributed by atoms with Crippen LogP contribution >= 0.6 is 0 Å².